The zero-order valence-corrected chi connectivity index (χ0v) is 18.7. The number of aryl methyl sites for hydroxylation is 1. The monoisotopic (exact) mass is 419 g/mol. The van der Waals surface area contributed by atoms with Crippen LogP contribution in [0.1, 0.15) is 63.6 Å². The summed E-state index contributed by atoms with van der Waals surface area (Å²) in [4.78, 5) is 19.8. The van der Waals surface area contributed by atoms with Crippen molar-refractivity contribution in [2.75, 3.05) is 18.6 Å². The molecule has 1 aliphatic heterocycles. The molecule has 2 heterocycles. The largest absolute Gasteiger partial charge is 0.495 e. The number of hydrogen-bond acceptors (Lipinski definition) is 3. The van der Waals surface area contributed by atoms with Gasteiger partial charge in [-0.15, -0.1) is 0 Å². The van der Waals surface area contributed by atoms with Gasteiger partial charge in [-0.1, -0.05) is 63.3 Å². The molecule has 1 fully saturated rings. The van der Waals surface area contributed by atoms with E-state index in [1.165, 1.54) is 37.6 Å². The number of rotatable bonds is 10. The Bertz CT molecular complexity index is 1030. The van der Waals surface area contributed by atoms with Crippen LogP contribution in [0.25, 0.3) is 11.0 Å². The van der Waals surface area contributed by atoms with E-state index in [-0.39, 0.29) is 11.8 Å². The number of benzene rings is 2. The highest BCUT2D eigenvalue weighted by Gasteiger charge is 2.35. The summed E-state index contributed by atoms with van der Waals surface area (Å²) in [5, 5.41) is 0. The number of amides is 1. The number of imidazole rings is 1. The number of carbonyl (C=O) groups excluding carboxylic acids is 1. The summed E-state index contributed by atoms with van der Waals surface area (Å²) in [7, 11) is 1.65. The first-order valence-electron chi connectivity index (χ1n) is 11.6. The van der Waals surface area contributed by atoms with Crippen molar-refractivity contribution in [2.24, 2.45) is 0 Å². The van der Waals surface area contributed by atoms with E-state index < -0.39 is 0 Å². The van der Waals surface area contributed by atoms with Gasteiger partial charge in [0.2, 0.25) is 5.91 Å². The number of anilines is 1. The fourth-order valence-corrected chi connectivity index (χ4v) is 4.66. The maximum Gasteiger partial charge on any atom is 0.227 e. The average molecular weight is 420 g/mol. The highest BCUT2D eigenvalue weighted by atomic mass is 16.5. The van der Waals surface area contributed by atoms with Crippen LogP contribution >= 0.6 is 0 Å². The number of unbranched alkanes of at least 4 members (excludes halogenated alkanes) is 5. The lowest BCUT2D eigenvalue weighted by atomic mass is 10.1. The first kappa shape index (κ1) is 21.4. The third kappa shape index (κ3) is 4.60. The molecule has 0 aliphatic carbocycles. The molecule has 1 atom stereocenters. The molecule has 1 amide bonds. The molecule has 0 saturated carbocycles. The molecule has 2 aromatic carbocycles. The van der Waals surface area contributed by atoms with Gasteiger partial charge in [-0.25, -0.2) is 4.98 Å². The van der Waals surface area contributed by atoms with Gasteiger partial charge in [0.05, 0.1) is 23.8 Å². The molecule has 1 aliphatic rings. The Morgan fingerprint density at radius 3 is 2.58 bits per heavy atom. The van der Waals surface area contributed by atoms with Crippen LogP contribution in [0.5, 0.6) is 5.75 Å². The van der Waals surface area contributed by atoms with Crippen molar-refractivity contribution in [1.82, 2.24) is 9.55 Å². The molecule has 3 aromatic rings. The van der Waals surface area contributed by atoms with E-state index in [2.05, 4.69) is 29.7 Å². The normalized spacial score (nSPS) is 16.4. The molecule has 0 N–H and O–H groups in total. The van der Waals surface area contributed by atoms with Gasteiger partial charge >= 0.3 is 0 Å². The predicted molar refractivity (Wildman–Crippen MR) is 126 cm³/mol. The van der Waals surface area contributed by atoms with Crippen LogP contribution in [0.15, 0.2) is 48.5 Å². The van der Waals surface area contributed by atoms with Gasteiger partial charge in [0.25, 0.3) is 0 Å². The van der Waals surface area contributed by atoms with Crippen molar-refractivity contribution in [2.45, 2.75) is 64.3 Å². The minimum Gasteiger partial charge on any atom is -0.495 e. The van der Waals surface area contributed by atoms with Crippen LogP contribution in [-0.2, 0) is 11.3 Å². The van der Waals surface area contributed by atoms with E-state index in [9.17, 15) is 4.79 Å². The van der Waals surface area contributed by atoms with Gasteiger partial charge in [0.15, 0.2) is 0 Å². The second kappa shape index (κ2) is 9.99. The lowest BCUT2D eigenvalue weighted by molar-refractivity contribution is -0.117. The molecule has 1 aromatic heterocycles. The lowest BCUT2D eigenvalue weighted by Crippen LogP contribution is -2.25. The van der Waals surface area contributed by atoms with E-state index in [1.807, 2.05) is 35.2 Å². The van der Waals surface area contributed by atoms with Crippen LogP contribution in [0.3, 0.4) is 0 Å². The maximum atomic E-state index is 12.9. The molecule has 4 rings (SSSR count). The number of fused-ring (bicyclic) bond motifs is 1. The summed E-state index contributed by atoms with van der Waals surface area (Å²) < 4.78 is 7.86. The summed E-state index contributed by atoms with van der Waals surface area (Å²) >= 11 is 0. The lowest BCUT2D eigenvalue weighted by Gasteiger charge is -2.19. The van der Waals surface area contributed by atoms with E-state index >= 15 is 0 Å². The standard InChI is InChI=1S/C26H33N3O2/c1-3-4-5-6-7-12-17-28-22-14-9-8-13-21(22)27-26(28)20-18-25(30)29(19-20)23-15-10-11-16-24(23)31-2/h8-11,13-16,20H,3-7,12,17-19H2,1-2H3/t20-/m1/s1. The fourth-order valence-electron chi connectivity index (χ4n) is 4.66. The second-order valence-corrected chi connectivity index (χ2v) is 8.46. The zero-order valence-electron chi connectivity index (χ0n) is 18.7. The first-order chi connectivity index (χ1) is 15.2. The van der Waals surface area contributed by atoms with Gasteiger partial charge in [-0.2, -0.15) is 0 Å². The number of aromatic nitrogens is 2. The number of hydrogen-bond donors (Lipinski definition) is 0. The minimum absolute atomic E-state index is 0.0879. The number of nitrogens with zero attached hydrogens (tertiary/aromatic N) is 3. The minimum atomic E-state index is 0.0879. The highest BCUT2D eigenvalue weighted by molar-refractivity contribution is 5.97. The first-order valence-corrected chi connectivity index (χ1v) is 11.6. The number of carbonyl (C=O) groups is 1. The smallest absolute Gasteiger partial charge is 0.227 e. The number of para-hydroxylation sites is 4. The van der Waals surface area contributed by atoms with Gasteiger partial charge in [0, 0.05) is 25.4 Å². The summed E-state index contributed by atoms with van der Waals surface area (Å²) in [5.41, 5.74) is 3.04. The molecule has 0 spiro atoms. The van der Waals surface area contributed by atoms with Crippen LogP contribution in [0.2, 0.25) is 0 Å². The Morgan fingerprint density at radius 1 is 1.00 bits per heavy atom. The number of methoxy groups -OCH3 is 1. The van der Waals surface area contributed by atoms with Gasteiger partial charge in [-0.3, -0.25) is 4.79 Å². The summed E-state index contributed by atoms with van der Waals surface area (Å²) in [5.74, 6) is 2.00. The molecule has 0 radical (unpaired) electrons. The molecular weight excluding hydrogens is 386 g/mol. The van der Waals surface area contributed by atoms with Crippen LogP contribution in [-0.4, -0.2) is 29.1 Å². The van der Waals surface area contributed by atoms with Crippen LogP contribution in [0, 0.1) is 0 Å². The van der Waals surface area contributed by atoms with E-state index in [0.717, 1.165) is 35.7 Å². The zero-order chi connectivity index (χ0) is 21.6. The topological polar surface area (TPSA) is 47.4 Å². The van der Waals surface area contributed by atoms with Gasteiger partial charge < -0.3 is 14.2 Å². The summed E-state index contributed by atoms with van der Waals surface area (Å²) in [6.07, 6.45) is 8.07. The van der Waals surface area contributed by atoms with Gasteiger partial charge in [0.1, 0.15) is 11.6 Å². The molecular formula is C26H33N3O2. The molecule has 5 heteroatoms. The molecule has 0 unspecified atom stereocenters. The Kier molecular flexibility index (Phi) is 6.90. The molecule has 5 nitrogen and oxygen atoms in total. The molecule has 164 valence electrons. The SMILES string of the molecule is CCCCCCCCn1c([C@@H]2CC(=O)N(c3ccccc3OC)C2)nc2ccccc21. The molecule has 0 bridgehead atoms. The summed E-state index contributed by atoms with van der Waals surface area (Å²) in [6, 6.07) is 16.1. The van der Waals surface area contributed by atoms with Crippen molar-refractivity contribution in [3.05, 3.63) is 54.4 Å². The fraction of sp³-hybridized carbons (Fsp3) is 0.462. The number of ether oxygens (including phenoxy) is 1. The van der Waals surface area contributed by atoms with Crippen molar-refractivity contribution in [3.63, 3.8) is 0 Å². The van der Waals surface area contributed by atoms with Crippen molar-refractivity contribution in [1.29, 1.82) is 0 Å². The maximum absolute atomic E-state index is 12.9. The summed E-state index contributed by atoms with van der Waals surface area (Å²) in [6.45, 7) is 3.85. The van der Waals surface area contributed by atoms with Crippen LogP contribution in [0.4, 0.5) is 5.69 Å². The Balaban J connectivity index is 1.55. The third-order valence-electron chi connectivity index (χ3n) is 6.29. The van der Waals surface area contributed by atoms with Crippen molar-refractivity contribution < 1.29 is 9.53 Å². The van der Waals surface area contributed by atoms with Gasteiger partial charge in [-0.05, 0) is 30.7 Å². The van der Waals surface area contributed by atoms with Crippen molar-refractivity contribution >= 4 is 22.6 Å². The molecule has 1 saturated heterocycles. The molecule has 31 heavy (non-hydrogen) atoms. The highest BCUT2D eigenvalue weighted by Crippen LogP contribution is 2.37. The quantitative estimate of drug-likeness (QED) is 0.383. The van der Waals surface area contributed by atoms with E-state index in [0.29, 0.717) is 13.0 Å². The predicted octanol–water partition coefficient (Wildman–Crippen LogP) is 5.93. The van der Waals surface area contributed by atoms with Crippen molar-refractivity contribution in [3.8, 4) is 5.75 Å². The average Bonchev–Trinajstić information content (AvgIpc) is 3.36. The third-order valence-corrected chi connectivity index (χ3v) is 6.29. The van der Waals surface area contributed by atoms with E-state index in [1.54, 1.807) is 7.11 Å². The van der Waals surface area contributed by atoms with Crippen LogP contribution < -0.4 is 9.64 Å². The Hall–Kier alpha value is -2.82. The van der Waals surface area contributed by atoms with E-state index in [4.69, 9.17) is 9.72 Å². The Morgan fingerprint density at radius 2 is 1.74 bits per heavy atom. The second-order valence-electron chi connectivity index (χ2n) is 8.46. The Labute approximate surface area is 185 Å².